The maximum Gasteiger partial charge on any atom is 0.250 e. The van der Waals surface area contributed by atoms with Crippen LogP contribution in [-0.4, -0.2) is 44.9 Å². The first kappa shape index (κ1) is 25.5. The molecule has 35 heavy (non-hydrogen) atoms. The molecule has 5 aliphatic rings. The van der Waals surface area contributed by atoms with Gasteiger partial charge >= 0.3 is 0 Å². The largest absolute Gasteiger partial charge is 0.541 e. The number of ether oxygens (including phenoxy) is 2. The highest BCUT2D eigenvalue weighted by Gasteiger charge is 2.71. The van der Waals surface area contributed by atoms with Crippen LogP contribution in [0.4, 0.5) is 0 Å². The lowest BCUT2D eigenvalue weighted by molar-refractivity contribution is -0.533. The fourth-order valence-corrected chi connectivity index (χ4v) is 7.97. The Morgan fingerprint density at radius 1 is 1.11 bits per heavy atom. The number of hydrogen-bond acceptors (Lipinski definition) is 6. The molecule has 0 amide bonds. The average molecular weight is 505 g/mol. The molecule has 4 bridgehead atoms. The van der Waals surface area contributed by atoms with Gasteiger partial charge in [0.25, 0.3) is 8.32 Å². The van der Waals surface area contributed by atoms with E-state index in [-0.39, 0.29) is 16.2 Å². The summed E-state index contributed by atoms with van der Waals surface area (Å²) in [7, 11) is -0.370. The van der Waals surface area contributed by atoms with E-state index in [1.807, 2.05) is 18.2 Å². The van der Waals surface area contributed by atoms with Crippen molar-refractivity contribution in [1.82, 2.24) is 0 Å². The van der Waals surface area contributed by atoms with Gasteiger partial charge in [0.15, 0.2) is 11.4 Å². The molecule has 1 aromatic carbocycles. The second-order valence-electron chi connectivity index (χ2n) is 13.1. The Hall–Kier alpha value is -1.12. The van der Waals surface area contributed by atoms with Gasteiger partial charge in [-0.1, -0.05) is 26.8 Å². The summed E-state index contributed by atoms with van der Waals surface area (Å²) in [5, 5.41) is 11.1. The molecule has 0 aromatic heterocycles. The fourth-order valence-electron chi connectivity index (χ4n) is 6.95. The number of benzene rings is 1. The van der Waals surface area contributed by atoms with E-state index in [9.17, 15) is 5.11 Å². The van der Waals surface area contributed by atoms with Gasteiger partial charge in [-0.25, -0.2) is 9.78 Å². The zero-order valence-electron chi connectivity index (χ0n) is 22.4. The molecule has 4 saturated carbocycles. The van der Waals surface area contributed by atoms with Crippen molar-refractivity contribution < 1.29 is 28.8 Å². The van der Waals surface area contributed by atoms with Gasteiger partial charge in [-0.3, -0.25) is 0 Å². The average Bonchev–Trinajstić information content (AvgIpc) is 2.74. The number of methoxy groups -OCH3 is 1. The first-order valence-corrected chi connectivity index (χ1v) is 16.4. The molecule has 4 unspecified atom stereocenters. The molecule has 7 heteroatoms. The molecular weight excluding hydrogens is 460 g/mol. The minimum absolute atomic E-state index is 0.0772. The lowest BCUT2D eigenvalue weighted by atomic mass is 9.47. The van der Waals surface area contributed by atoms with Crippen LogP contribution in [0.2, 0.25) is 18.1 Å². The quantitative estimate of drug-likeness (QED) is 0.246. The molecule has 5 fully saturated rings. The summed E-state index contributed by atoms with van der Waals surface area (Å²) < 4.78 is 18.8. The molecule has 1 heterocycles. The van der Waals surface area contributed by atoms with Crippen LogP contribution in [0.25, 0.3) is 0 Å². The van der Waals surface area contributed by atoms with Crippen LogP contribution in [0.15, 0.2) is 18.2 Å². The highest BCUT2D eigenvalue weighted by molar-refractivity contribution is 6.74. The van der Waals surface area contributed by atoms with E-state index in [0.29, 0.717) is 31.3 Å². The van der Waals surface area contributed by atoms with Crippen molar-refractivity contribution >= 4 is 8.32 Å². The van der Waals surface area contributed by atoms with Gasteiger partial charge in [-0.05, 0) is 98.5 Å². The molecular formula is C28H44O6Si. The zero-order valence-corrected chi connectivity index (χ0v) is 23.4. The van der Waals surface area contributed by atoms with Crippen molar-refractivity contribution in [2.45, 2.75) is 101 Å². The third-order valence-corrected chi connectivity index (χ3v) is 14.1. The Balaban J connectivity index is 1.21. The molecule has 4 atom stereocenters. The van der Waals surface area contributed by atoms with Gasteiger partial charge in [0, 0.05) is 6.61 Å². The van der Waals surface area contributed by atoms with E-state index in [1.54, 1.807) is 7.11 Å². The van der Waals surface area contributed by atoms with Crippen LogP contribution < -0.4 is 9.16 Å². The maximum atomic E-state index is 11.0. The van der Waals surface area contributed by atoms with Gasteiger partial charge in [0.2, 0.25) is 0 Å². The topological polar surface area (TPSA) is 66.4 Å². The van der Waals surface area contributed by atoms with Crippen LogP contribution in [-0.2, 0) is 14.5 Å². The van der Waals surface area contributed by atoms with Gasteiger partial charge in [-0.2, -0.15) is 0 Å². The number of rotatable bonds is 9. The summed E-state index contributed by atoms with van der Waals surface area (Å²) in [6, 6.07) is 5.81. The van der Waals surface area contributed by atoms with E-state index in [4.69, 9.17) is 23.7 Å². The van der Waals surface area contributed by atoms with E-state index < -0.39 is 14.4 Å². The lowest BCUT2D eigenvalue weighted by Crippen LogP contribution is -2.76. The van der Waals surface area contributed by atoms with E-state index >= 15 is 0 Å². The molecule has 196 valence electrons. The predicted molar refractivity (Wildman–Crippen MR) is 137 cm³/mol. The standard InChI is InChI=1S/C28H44O6Si/c1-26(2,3)35(5,6)33-25-15-21(9-10-24(25)30-4)23(29)8-7-11-31-27-16-19-12-20(17-27)14-22(13-19)28(27)18-32-34-28/h9-10,15,19-20,22-23,29H,7-8,11-14,16-18H2,1-6H3. The number of hydrogen-bond donors (Lipinski definition) is 1. The molecule has 4 aliphatic carbocycles. The zero-order chi connectivity index (χ0) is 25.1. The molecule has 1 spiro atoms. The first-order valence-electron chi connectivity index (χ1n) is 13.5. The normalized spacial score (nSPS) is 34.7. The smallest absolute Gasteiger partial charge is 0.250 e. The van der Waals surface area contributed by atoms with E-state index in [2.05, 4.69) is 33.9 Å². The Morgan fingerprint density at radius 2 is 1.80 bits per heavy atom. The van der Waals surface area contributed by atoms with E-state index in [0.717, 1.165) is 42.4 Å². The molecule has 6 rings (SSSR count). The highest BCUT2D eigenvalue weighted by Crippen LogP contribution is 2.65. The summed E-state index contributed by atoms with van der Waals surface area (Å²) in [6.07, 6.45) is 6.94. The van der Waals surface area contributed by atoms with Gasteiger partial charge in [0.05, 0.1) is 13.2 Å². The predicted octanol–water partition coefficient (Wildman–Crippen LogP) is 6.19. The van der Waals surface area contributed by atoms with E-state index in [1.165, 1.54) is 19.3 Å². The molecule has 0 radical (unpaired) electrons. The Bertz CT molecular complexity index is 907. The van der Waals surface area contributed by atoms with Crippen molar-refractivity contribution in [3.63, 3.8) is 0 Å². The highest BCUT2D eigenvalue weighted by atomic mass is 28.4. The van der Waals surface area contributed by atoms with Crippen molar-refractivity contribution in [2.75, 3.05) is 20.3 Å². The fraction of sp³-hybridized carbons (Fsp3) is 0.786. The molecule has 1 N–H and O–H groups in total. The Labute approximate surface area is 211 Å². The number of aliphatic hydroxyl groups is 1. The number of aliphatic hydroxyl groups excluding tert-OH is 1. The molecule has 1 aliphatic heterocycles. The van der Waals surface area contributed by atoms with Crippen LogP contribution >= 0.6 is 0 Å². The van der Waals surface area contributed by atoms with Crippen molar-refractivity contribution in [2.24, 2.45) is 17.8 Å². The van der Waals surface area contributed by atoms with Crippen molar-refractivity contribution in [3.05, 3.63) is 23.8 Å². The maximum absolute atomic E-state index is 11.0. The summed E-state index contributed by atoms with van der Waals surface area (Å²) in [4.78, 5) is 11.1. The second-order valence-corrected chi connectivity index (χ2v) is 17.8. The Kier molecular flexibility index (Phi) is 6.57. The summed E-state index contributed by atoms with van der Waals surface area (Å²) in [6.45, 7) is 12.4. The first-order chi connectivity index (χ1) is 16.5. The molecule has 1 aromatic rings. The third kappa shape index (κ3) is 4.35. The summed E-state index contributed by atoms with van der Waals surface area (Å²) in [5.41, 5.74) is 0.432. The monoisotopic (exact) mass is 504 g/mol. The molecule has 6 nitrogen and oxygen atoms in total. The summed E-state index contributed by atoms with van der Waals surface area (Å²) >= 11 is 0. The molecule has 1 saturated heterocycles. The Morgan fingerprint density at radius 3 is 2.37 bits per heavy atom. The van der Waals surface area contributed by atoms with Gasteiger partial charge < -0.3 is 19.0 Å². The van der Waals surface area contributed by atoms with Crippen LogP contribution in [0.1, 0.15) is 77.4 Å². The SMILES string of the molecule is COc1ccc(C(O)CCCOC23CC4CC(CC(C4)C24COO4)C3)cc1O[Si](C)(C)C(C)(C)C. The second kappa shape index (κ2) is 9.01. The van der Waals surface area contributed by atoms with Crippen LogP contribution in [0.3, 0.4) is 0 Å². The third-order valence-electron chi connectivity index (χ3n) is 9.79. The van der Waals surface area contributed by atoms with Crippen LogP contribution in [0.5, 0.6) is 11.5 Å². The summed E-state index contributed by atoms with van der Waals surface area (Å²) in [5.74, 6) is 3.55. The minimum atomic E-state index is -2.03. The van der Waals surface area contributed by atoms with Crippen molar-refractivity contribution in [3.8, 4) is 11.5 Å². The van der Waals surface area contributed by atoms with Crippen molar-refractivity contribution in [1.29, 1.82) is 0 Å². The minimum Gasteiger partial charge on any atom is -0.541 e. The lowest BCUT2D eigenvalue weighted by Gasteiger charge is -2.67. The van der Waals surface area contributed by atoms with Gasteiger partial charge in [-0.15, -0.1) is 0 Å². The van der Waals surface area contributed by atoms with Crippen LogP contribution in [0, 0.1) is 17.8 Å². The van der Waals surface area contributed by atoms with Gasteiger partial charge in [0.1, 0.15) is 18.0 Å².